The molecule has 0 bridgehead atoms. The Kier molecular flexibility index (Phi) is 3.18. The van der Waals surface area contributed by atoms with E-state index >= 15 is 0 Å². The van der Waals surface area contributed by atoms with E-state index < -0.39 is 0 Å². The molecular formula is C16H14N2O. The van der Waals surface area contributed by atoms with E-state index in [9.17, 15) is 0 Å². The molecule has 0 amide bonds. The van der Waals surface area contributed by atoms with Crippen molar-refractivity contribution in [2.24, 2.45) is 0 Å². The zero-order chi connectivity index (χ0) is 13.1. The number of nitrogens with one attached hydrogen (secondary N) is 1. The second kappa shape index (κ2) is 5.13. The van der Waals surface area contributed by atoms with Crippen LogP contribution in [-0.2, 0) is 0 Å². The SMILES string of the molecule is N#Cc1ccc(Oc2cccc(C3CNC3)c2)cc1. The molecule has 1 aliphatic heterocycles. The number of nitrogens with zero attached hydrogens (tertiary/aromatic N) is 1. The standard InChI is InChI=1S/C16H14N2O/c17-9-12-4-6-15(7-5-12)19-16-3-1-2-13(8-16)14-10-18-11-14/h1-8,14,18H,10-11H2. The number of benzene rings is 2. The fraction of sp³-hybridized carbons (Fsp3) is 0.188. The number of rotatable bonds is 3. The Morgan fingerprint density at radius 3 is 2.47 bits per heavy atom. The summed E-state index contributed by atoms with van der Waals surface area (Å²) in [6.45, 7) is 2.08. The zero-order valence-electron chi connectivity index (χ0n) is 10.5. The van der Waals surface area contributed by atoms with Crippen LogP contribution in [0.25, 0.3) is 0 Å². The molecule has 19 heavy (non-hydrogen) atoms. The summed E-state index contributed by atoms with van der Waals surface area (Å²) < 4.78 is 5.81. The molecule has 1 N–H and O–H groups in total. The van der Waals surface area contributed by atoms with Gasteiger partial charge in [-0.15, -0.1) is 0 Å². The van der Waals surface area contributed by atoms with Crippen LogP contribution in [0.15, 0.2) is 48.5 Å². The third-order valence-corrected chi connectivity index (χ3v) is 3.33. The van der Waals surface area contributed by atoms with Gasteiger partial charge in [-0.1, -0.05) is 12.1 Å². The molecule has 0 unspecified atom stereocenters. The van der Waals surface area contributed by atoms with Crippen molar-refractivity contribution < 1.29 is 4.74 Å². The second-order valence-corrected chi connectivity index (χ2v) is 4.67. The van der Waals surface area contributed by atoms with Crippen molar-refractivity contribution in [3.8, 4) is 17.6 Å². The Morgan fingerprint density at radius 2 is 1.84 bits per heavy atom. The predicted octanol–water partition coefficient (Wildman–Crippen LogP) is 3.04. The highest BCUT2D eigenvalue weighted by Crippen LogP contribution is 2.27. The summed E-state index contributed by atoms with van der Waals surface area (Å²) in [5.74, 6) is 2.20. The van der Waals surface area contributed by atoms with Gasteiger partial charge in [0.25, 0.3) is 0 Å². The van der Waals surface area contributed by atoms with E-state index in [1.54, 1.807) is 12.1 Å². The summed E-state index contributed by atoms with van der Waals surface area (Å²) in [7, 11) is 0. The molecule has 0 saturated carbocycles. The summed E-state index contributed by atoms with van der Waals surface area (Å²) in [5.41, 5.74) is 1.95. The van der Waals surface area contributed by atoms with Gasteiger partial charge in [0.2, 0.25) is 0 Å². The lowest BCUT2D eigenvalue weighted by atomic mass is 9.94. The zero-order valence-corrected chi connectivity index (χ0v) is 10.5. The molecule has 0 spiro atoms. The molecule has 2 aromatic rings. The van der Waals surface area contributed by atoms with E-state index in [4.69, 9.17) is 10.00 Å². The number of nitriles is 1. The van der Waals surface area contributed by atoms with E-state index in [1.807, 2.05) is 24.3 Å². The van der Waals surface area contributed by atoms with Crippen molar-refractivity contribution >= 4 is 0 Å². The predicted molar refractivity (Wildman–Crippen MR) is 73.3 cm³/mol. The van der Waals surface area contributed by atoms with Gasteiger partial charge in [0, 0.05) is 19.0 Å². The fourth-order valence-electron chi connectivity index (χ4n) is 2.09. The van der Waals surface area contributed by atoms with Crippen molar-refractivity contribution in [1.82, 2.24) is 5.32 Å². The van der Waals surface area contributed by atoms with E-state index in [-0.39, 0.29) is 0 Å². The van der Waals surface area contributed by atoms with Crippen LogP contribution in [0.3, 0.4) is 0 Å². The van der Waals surface area contributed by atoms with Gasteiger partial charge in [0.15, 0.2) is 0 Å². The van der Waals surface area contributed by atoms with Crippen LogP contribution in [-0.4, -0.2) is 13.1 Å². The van der Waals surface area contributed by atoms with E-state index in [1.165, 1.54) is 5.56 Å². The minimum Gasteiger partial charge on any atom is -0.457 e. The first-order valence-corrected chi connectivity index (χ1v) is 6.34. The van der Waals surface area contributed by atoms with Gasteiger partial charge in [-0.2, -0.15) is 5.26 Å². The Hall–Kier alpha value is -2.31. The van der Waals surface area contributed by atoms with Gasteiger partial charge >= 0.3 is 0 Å². The molecule has 3 nitrogen and oxygen atoms in total. The van der Waals surface area contributed by atoms with Gasteiger partial charge in [-0.25, -0.2) is 0 Å². The third-order valence-electron chi connectivity index (χ3n) is 3.33. The third kappa shape index (κ3) is 2.59. The smallest absolute Gasteiger partial charge is 0.127 e. The summed E-state index contributed by atoms with van der Waals surface area (Å²) in [5, 5.41) is 12.0. The van der Waals surface area contributed by atoms with E-state index in [0.717, 1.165) is 24.6 Å². The first-order valence-electron chi connectivity index (χ1n) is 6.34. The average Bonchev–Trinajstić information content (AvgIpc) is 2.38. The fourth-order valence-corrected chi connectivity index (χ4v) is 2.09. The van der Waals surface area contributed by atoms with Crippen molar-refractivity contribution in [2.75, 3.05) is 13.1 Å². The van der Waals surface area contributed by atoms with Crippen molar-refractivity contribution in [1.29, 1.82) is 5.26 Å². The minimum absolute atomic E-state index is 0.601. The van der Waals surface area contributed by atoms with Crippen LogP contribution < -0.4 is 10.1 Å². The maximum atomic E-state index is 8.75. The van der Waals surface area contributed by atoms with E-state index in [0.29, 0.717) is 11.5 Å². The molecule has 1 aliphatic rings. The number of ether oxygens (including phenoxy) is 1. The highest BCUT2D eigenvalue weighted by molar-refractivity contribution is 5.39. The maximum absolute atomic E-state index is 8.75. The summed E-state index contributed by atoms with van der Waals surface area (Å²) in [6, 6.07) is 17.4. The summed E-state index contributed by atoms with van der Waals surface area (Å²) in [4.78, 5) is 0. The first kappa shape index (κ1) is 11.8. The average molecular weight is 250 g/mol. The molecule has 0 radical (unpaired) electrons. The van der Waals surface area contributed by atoms with Gasteiger partial charge in [0.1, 0.15) is 11.5 Å². The van der Waals surface area contributed by atoms with Gasteiger partial charge < -0.3 is 10.1 Å². The molecule has 0 aromatic heterocycles. The molecular weight excluding hydrogens is 236 g/mol. The molecule has 2 aromatic carbocycles. The van der Waals surface area contributed by atoms with Gasteiger partial charge in [0.05, 0.1) is 11.6 Å². The van der Waals surface area contributed by atoms with Crippen molar-refractivity contribution in [3.63, 3.8) is 0 Å². The van der Waals surface area contributed by atoms with E-state index in [2.05, 4.69) is 23.5 Å². The topological polar surface area (TPSA) is 45.0 Å². The monoisotopic (exact) mass is 250 g/mol. The highest BCUT2D eigenvalue weighted by atomic mass is 16.5. The number of hydrogen-bond donors (Lipinski definition) is 1. The van der Waals surface area contributed by atoms with Crippen LogP contribution in [0.5, 0.6) is 11.5 Å². The molecule has 3 heteroatoms. The first-order chi connectivity index (χ1) is 9.35. The van der Waals surface area contributed by atoms with Crippen LogP contribution in [0, 0.1) is 11.3 Å². The highest BCUT2D eigenvalue weighted by Gasteiger charge is 2.18. The lowest BCUT2D eigenvalue weighted by molar-refractivity contribution is 0.443. The Balaban J connectivity index is 1.76. The summed E-state index contributed by atoms with van der Waals surface area (Å²) >= 11 is 0. The normalized spacial score (nSPS) is 14.5. The van der Waals surface area contributed by atoms with Gasteiger partial charge in [-0.05, 0) is 42.0 Å². The maximum Gasteiger partial charge on any atom is 0.127 e. The second-order valence-electron chi connectivity index (χ2n) is 4.67. The summed E-state index contributed by atoms with van der Waals surface area (Å²) in [6.07, 6.45) is 0. The van der Waals surface area contributed by atoms with Gasteiger partial charge in [-0.3, -0.25) is 0 Å². The Morgan fingerprint density at radius 1 is 1.05 bits per heavy atom. The lowest BCUT2D eigenvalue weighted by Crippen LogP contribution is -2.39. The molecule has 1 saturated heterocycles. The number of hydrogen-bond acceptors (Lipinski definition) is 3. The molecule has 1 fully saturated rings. The molecule has 0 atom stereocenters. The van der Waals surface area contributed by atoms with Crippen LogP contribution in [0.2, 0.25) is 0 Å². The molecule has 3 rings (SSSR count). The van der Waals surface area contributed by atoms with Crippen molar-refractivity contribution in [3.05, 3.63) is 59.7 Å². The van der Waals surface area contributed by atoms with Crippen LogP contribution in [0.1, 0.15) is 17.0 Å². The Bertz CT molecular complexity index is 609. The lowest BCUT2D eigenvalue weighted by Gasteiger charge is -2.27. The molecule has 1 heterocycles. The quantitative estimate of drug-likeness (QED) is 0.910. The van der Waals surface area contributed by atoms with Crippen LogP contribution >= 0.6 is 0 Å². The minimum atomic E-state index is 0.601. The van der Waals surface area contributed by atoms with Crippen molar-refractivity contribution in [2.45, 2.75) is 5.92 Å². The molecule has 94 valence electrons. The Labute approximate surface area is 112 Å². The molecule has 0 aliphatic carbocycles. The largest absolute Gasteiger partial charge is 0.457 e. The van der Waals surface area contributed by atoms with Crippen LogP contribution in [0.4, 0.5) is 0 Å².